The van der Waals surface area contributed by atoms with E-state index in [1.54, 1.807) is 6.08 Å². The molecular formula is C5H8BrNO. The predicted molar refractivity (Wildman–Crippen MR) is 37.0 cm³/mol. The Bertz CT molecular complexity index is 92.4. The van der Waals surface area contributed by atoms with Gasteiger partial charge in [-0.25, -0.2) is 0 Å². The minimum Gasteiger partial charge on any atom is -0.352 e. The summed E-state index contributed by atoms with van der Waals surface area (Å²) < 4.78 is 0. The molecule has 1 N–H and O–H groups in total. The molecule has 0 bridgehead atoms. The van der Waals surface area contributed by atoms with Gasteiger partial charge in [0.25, 0.3) is 0 Å². The summed E-state index contributed by atoms with van der Waals surface area (Å²) in [5.74, 6) is -0.00935. The highest BCUT2D eigenvalue weighted by Crippen LogP contribution is 1.76. The van der Waals surface area contributed by atoms with E-state index in [1.165, 1.54) is 0 Å². The lowest BCUT2D eigenvalue weighted by Crippen LogP contribution is -2.23. The van der Waals surface area contributed by atoms with E-state index in [2.05, 4.69) is 27.8 Å². The van der Waals surface area contributed by atoms with Crippen molar-refractivity contribution in [1.82, 2.24) is 5.32 Å². The predicted octanol–water partition coefficient (Wildman–Crippen LogP) is 0.683. The van der Waals surface area contributed by atoms with Crippen molar-refractivity contribution in [2.75, 3.05) is 11.9 Å². The number of hydrogen-bond acceptors (Lipinski definition) is 1. The smallest absolute Gasteiger partial charge is 0.230 e. The van der Waals surface area contributed by atoms with Crippen LogP contribution in [0.3, 0.4) is 0 Å². The lowest BCUT2D eigenvalue weighted by atomic mass is 10.6. The first-order valence-electron chi connectivity index (χ1n) is 2.24. The van der Waals surface area contributed by atoms with Crippen LogP contribution >= 0.6 is 15.9 Å². The Hall–Kier alpha value is -0.310. The Kier molecular flexibility index (Phi) is 4.65. The summed E-state index contributed by atoms with van der Waals surface area (Å²) >= 11 is 3.00. The third-order valence-electron chi connectivity index (χ3n) is 0.565. The molecule has 0 heterocycles. The third kappa shape index (κ3) is 3.87. The molecule has 0 aromatic carbocycles. The lowest BCUT2D eigenvalue weighted by molar-refractivity contribution is -0.118. The van der Waals surface area contributed by atoms with Crippen LogP contribution in [0.4, 0.5) is 0 Å². The number of carbonyl (C=O) groups is 1. The molecule has 0 aromatic heterocycles. The summed E-state index contributed by atoms with van der Waals surface area (Å²) in [6.07, 6.45) is 1.64. The second-order valence-corrected chi connectivity index (χ2v) is 1.79. The number of rotatable bonds is 3. The van der Waals surface area contributed by atoms with Crippen LogP contribution in [0.15, 0.2) is 12.7 Å². The van der Waals surface area contributed by atoms with Crippen molar-refractivity contribution < 1.29 is 4.79 Å². The highest BCUT2D eigenvalue weighted by molar-refractivity contribution is 9.09. The number of carbonyl (C=O) groups excluding carboxylic acids is 1. The molecule has 8 heavy (non-hydrogen) atoms. The van der Waals surface area contributed by atoms with Crippen molar-refractivity contribution in [1.29, 1.82) is 0 Å². The van der Waals surface area contributed by atoms with Gasteiger partial charge >= 0.3 is 0 Å². The summed E-state index contributed by atoms with van der Waals surface area (Å²) in [6, 6.07) is 0. The molecule has 0 saturated heterocycles. The molecule has 0 aliphatic rings. The van der Waals surface area contributed by atoms with Crippen LogP contribution in [-0.2, 0) is 4.79 Å². The second-order valence-electron chi connectivity index (χ2n) is 1.23. The van der Waals surface area contributed by atoms with Crippen LogP contribution in [-0.4, -0.2) is 17.8 Å². The molecule has 0 aliphatic carbocycles. The van der Waals surface area contributed by atoms with Crippen LogP contribution in [0.5, 0.6) is 0 Å². The van der Waals surface area contributed by atoms with Crippen molar-refractivity contribution in [3.63, 3.8) is 0 Å². The summed E-state index contributed by atoms with van der Waals surface area (Å²) in [5, 5.41) is 2.94. The van der Waals surface area contributed by atoms with E-state index in [0.717, 1.165) is 0 Å². The number of alkyl halides is 1. The van der Waals surface area contributed by atoms with E-state index in [9.17, 15) is 4.79 Å². The quantitative estimate of drug-likeness (QED) is 0.499. The van der Waals surface area contributed by atoms with E-state index >= 15 is 0 Å². The summed E-state index contributed by atoms with van der Waals surface area (Å²) in [6.45, 7) is 3.98. The molecule has 1 amide bonds. The van der Waals surface area contributed by atoms with Crippen molar-refractivity contribution in [2.45, 2.75) is 0 Å². The molecule has 0 fully saturated rings. The zero-order valence-electron chi connectivity index (χ0n) is 4.48. The van der Waals surface area contributed by atoms with Gasteiger partial charge in [0.1, 0.15) is 0 Å². The number of nitrogens with one attached hydrogen (secondary N) is 1. The monoisotopic (exact) mass is 177 g/mol. The van der Waals surface area contributed by atoms with Gasteiger partial charge in [0, 0.05) is 6.54 Å². The van der Waals surface area contributed by atoms with E-state index in [0.29, 0.717) is 11.9 Å². The molecule has 0 spiro atoms. The molecule has 46 valence electrons. The topological polar surface area (TPSA) is 29.1 Å². The maximum absolute atomic E-state index is 10.4. The first-order valence-corrected chi connectivity index (χ1v) is 3.37. The average Bonchev–Trinajstić information content (AvgIpc) is 1.83. The zero-order chi connectivity index (χ0) is 6.41. The van der Waals surface area contributed by atoms with Gasteiger partial charge in [0.05, 0.1) is 5.33 Å². The first kappa shape index (κ1) is 7.69. The molecule has 2 nitrogen and oxygen atoms in total. The maximum atomic E-state index is 10.4. The molecule has 0 atom stereocenters. The fraction of sp³-hybridized carbons (Fsp3) is 0.400. The minimum atomic E-state index is -0.00935. The fourth-order valence-electron chi connectivity index (χ4n) is 0.233. The van der Waals surface area contributed by atoms with E-state index in [4.69, 9.17) is 0 Å². The Labute approximate surface area is 57.1 Å². The molecule has 0 aliphatic heterocycles. The molecule has 0 radical (unpaired) electrons. The van der Waals surface area contributed by atoms with Crippen LogP contribution in [0.25, 0.3) is 0 Å². The SMILES string of the molecule is C=CCNC(=O)CBr. The van der Waals surface area contributed by atoms with Crippen molar-refractivity contribution >= 4 is 21.8 Å². The largest absolute Gasteiger partial charge is 0.352 e. The van der Waals surface area contributed by atoms with Crippen molar-refractivity contribution in [3.05, 3.63) is 12.7 Å². The summed E-state index contributed by atoms with van der Waals surface area (Å²) in [5.41, 5.74) is 0. The van der Waals surface area contributed by atoms with Gasteiger partial charge in [-0.05, 0) is 0 Å². The van der Waals surface area contributed by atoms with Crippen LogP contribution in [0.1, 0.15) is 0 Å². The summed E-state index contributed by atoms with van der Waals surface area (Å²) in [4.78, 5) is 10.4. The Balaban J connectivity index is 3.11. The van der Waals surface area contributed by atoms with E-state index in [-0.39, 0.29) is 5.91 Å². The molecule has 0 unspecified atom stereocenters. The van der Waals surface area contributed by atoms with Gasteiger partial charge in [0.15, 0.2) is 0 Å². The molecule has 3 heteroatoms. The lowest BCUT2D eigenvalue weighted by Gasteiger charge is -1.94. The van der Waals surface area contributed by atoms with Crippen molar-refractivity contribution in [3.8, 4) is 0 Å². The third-order valence-corrected chi connectivity index (χ3v) is 1.07. The highest BCUT2D eigenvalue weighted by Gasteiger charge is 1.90. The van der Waals surface area contributed by atoms with Gasteiger partial charge in [-0.3, -0.25) is 4.79 Å². The molecule has 0 rings (SSSR count). The van der Waals surface area contributed by atoms with Gasteiger partial charge in [-0.2, -0.15) is 0 Å². The van der Waals surface area contributed by atoms with Gasteiger partial charge in [-0.15, -0.1) is 6.58 Å². The average molecular weight is 178 g/mol. The van der Waals surface area contributed by atoms with Crippen LogP contribution in [0.2, 0.25) is 0 Å². The van der Waals surface area contributed by atoms with Crippen LogP contribution < -0.4 is 5.32 Å². The zero-order valence-corrected chi connectivity index (χ0v) is 6.07. The van der Waals surface area contributed by atoms with Gasteiger partial charge in [0.2, 0.25) is 5.91 Å². The number of hydrogen-bond donors (Lipinski definition) is 1. The van der Waals surface area contributed by atoms with Gasteiger partial charge in [-0.1, -0.05) is 22.0 Å². The highest BCUT2D eigenvalue weighted by atomic mass is 79.9. The van der Waals surface area contributed by atoms with E-state index < -0.39 is 0 Å². The molecule has 0 aromatic rings. The number of halogens is 1. The fourth-order valence-corrected chi connectivity index (χ4v) is 0.431. The van der Waals surface area contributed by atoms with E-state index in [1.807, 2.05) is 0 Å². The minimum absolute atomic E-state index is 0.00935. The van der Waals surface area contributed by atoms with Crippen LogP contribution in [0, 0.1) is 0 Å². The first-order chi connectivity index (χ1) is 3.81. The second kappa shape index (κ2) is 4.84. The maximum Gasteiger partial charge on any atom is 0.230 e. The Morgan fingerprint density at radius 1 is 1.88 bits per heavy atom. The Morgan fingerprint density at radius 2 is 2.50 bits per heavy atom. The molecule has 0 saturated carbocycles. The molecular weight excluding hydrogens is 170 g/mol. The standard InChI is InChI=1S/C5H8BrNO/c1-2-3-7-5(8)4-6/h2H,1,3-4H2,(H,7,8). The number of amides is 1. The Morgan fingerprint density at radius 3 is 2.88 bits per heavy atom. The summed E-state index contributed by atoms with van der Waals surface area (Å²) in [7, 11) is 0. The van der Waals surface area contributed by atoms with Gasteiger partial charge < -0.3 is 5.32 Å². The van der Waals surface area contributed by atoms with Crippen molar-refractivity contribution in [2.24, 2.45) is 0 Å². The normalized spacial score (nSPS) is 8.12.